The van der Waals surface area contributed by atoms with Gasteiger partial charge >= 0.3 is 0 Å². The minimum Gasteiger partial charge on any atom is -0.306 e. The highest BCUT2D eigenvalue weighted by atomic mass is 15.0. The molecule has 84 valence electrons. The summed E-state index contributed by atoms with van der Waals surface area (Å²) in [4.78, 5) is 4.14. The second kappa shape index (κ2) is 3.74. The minimum atomic E-state index is 1.12. The maximum absolute atomic E-state index is 4.14. The normalized spacial score (nSPS) is 10.9. The summed E-state index contributed by atoms with van der Waals surface area (Å²) in [6, 6.07) is 10.8. The zero-order valence-electron chi connectivity index (χ0n) is 10.0. The fraction of sp³-hybridized carbons (Fsp3) is 0.133. The zero-order valence-corrected chi connectivity index (χ0v) is 10.0. The van der Waals surface area contributed by atoms with Crippen LogP contribution in [0.3, 0.4) is 0 Å². The van der Waals surface area contributed by atoms with E-state index in [0.717, 1.165) is 5.52 Å². The van der Waals surface area contributed by atoms with E-state index >= 15 is 0 Å². The van der Waals surface area contributed by atoms with Crippen LogP contribution in [0.4, 0.5) is 0 Å². The summed E-state index contributed by atoms with van der Waals surface area (Å²) in [6.07, 6.45) is 5.83. The van der Waals surface area contributed by atoms with E-state index in [-0.39, 0.29) is 0 Å². The van der Waals surface area contributed by atoms with Crippen molar-refractivity contribution in [2.24, 2.45) is 0 Å². The van der Waals surface area contributed by atoms with E-state index in [1.165, 1.54) is 22.3 Å². The van der Waals surface area contributed by atoms with Crippen LogP contribution in [0.5, 0.6) is 0 Å². The average Bonchev–Trinajstić information content (AvgIpc) is 2.75. The van der Waals surface area contributed by atoms with Crippen molar-refractivity contribution in [2.75, 3.05) is 0 Å². The Kier molecular flexibility index (Phi) is 2.22. The minimum absolute atomic E-state index is 1.12. The summed E-state index contributed by atoms with van der Waals surface area (Å²) in [5.41, 5.74) is 6.25. The standard InChI is InChI=1S/C15H14N2/c1-11-3-6-15(12(2)7-11)13-4-5-14-8-16-10-17(14)9-13/h3-10H,1-2H3. The van der Waals surface area contributed by atoms with Crippen LogP contribution in [0, 0.1) is 13.8 Å². The molecule has 0 amide bonds. The molecular formula is C15H14N2. The summed E-state index contributed by atoms with van der Waals surface area (Å²) < 4.78 is 2.05. The lowest BCUT2D eigenvalue weighted by molar-refractivity contribution is 1.15. The highest BCUT2D eigenvalue weighted by Gasteiger charge is 2.03. The maximum Gasteiger partial charge on any atom is 0.0992 e. The first-order valence-electron chi connectivity index (χ1n) is 5.73. The number of hydrogen-bond acceptors (Lipinski definition) is 1. The smallest absolute Gasteiger partial charge is 0.0992 e. The van der Waals surface area contributed by atoms with Crippen LogP contribution in [0.25, 0.3) is 16.6 Å². The lowest BCUT2D eigenvalue weighted by Gasteiger charge is -2.07. The Balaban J connectivity index is 2.19. The van der Waals surface area contributed by atoms with Gasteiger partial charge in [-0.2, -0.15) is 0 Å². The topological polar surface area (TPSA) is 17.3 Å². The van der Waals surface area contributed by atoms with Gasteiger partial charge in [-0.25, -0.2) is 4.98 Å². The SMILES string of the molecule is Cc1ccc(-c2ccc3cncn3c2)c(C)c1. The molecule has 0 bridgehead atoms. The Morgan fingerprint density at radius 1 is 1.06 bits per heavy atom. The quantitative estimate of drug-likeness (QED) is 0.614. The number of aryl methyl sites for hydroxylation is 2. The number of rotatable bonds is 1. The molecule has 0 atom stereocenters. The first-order valence-corrected chi connectivity index (χ1v) is 5.73. The zero-order chi connectivity index (χ0) is 11.8. The molecule has 0 radical (unpaired) electrons. The van der Waals surface area contributed by atoms with Crippen molar-refractivity contribution in [3.05, 3.63) is 60.2 Å². The van der Waals surface area contributed by atoms with Crippen molar-refractivity contribution >= 4 is 5.52 Å². The van der Waals surface area contributed by atoms with Gasteiger partial charge in [-0.15, -0.1) is 0 Å². The van der Waals surface area contributed by atoms with E-state index in [0.29, 0.717) is 0 Å². The first-order chi connectivity index (χ1) is 8.24. The third-order valence-electron chi connectivity index (χ3n) is 3.10. The van der Waals surface area contributed by atoms with Crippen LogP contribution in [0.1, 0.15) is 11.1 Å². The largest absolute Gasteiger partial charge is 0.306 e. The number of fused-ring (bicyclic) bond motifs is 1. The van der Waals surface area contributed by atoms with Gasteiger partial charge in [-0.05, 0) is 36.6 Å². The summed E-state index contributed by atoms with van der Waals surface area (Å²) in [5.74, 6) is 0. The van der Waals surface area contributed by atoms with Gasteiger partial charge in [-0.3, -0.25) is 0 Å². The third kappa shape index (κ3) is 1.72. The lowest BCUT2D eigenvalue weighted by atomic mass is 10.00. The Labute approximate surface area is 101 Å². The molecule has 0 aliphatic heterocycles. The molecule has 17 heavy (non-hydrogen) atoms. The highest BCUT2D eigenvalue weighted by molar-refractivity contribution is 5.68. The molecule has 2 nitrogen and oxygen atoms in total. The van der Waals surface area contributed by atoms with Gasteiger partial charge in [0.05, 0.1) is 18.0 Å². The molecule has 0 aliphatic rings. The molecular weight excluding hydrogens is 208 g/mol. The summed E-state index contributed by atoms with van der Waals surface area (Å²) in [6.45, 7) is 4.27. The van der Waals surface area contributed by atoms with Crippen molar-refractivity contribution in [3.8, 4) is 11.1 Å². The molecule has 0 saturated heterocycles. The fourth-order valence-corrected chi connectivity index (χ4v) is 2.22. The van der Waals surface area contributed by atoms with Crippen LogP contribution in [-0.4, -0.2) is 9.38 Å². The van der Waals surface area contributed by atoms with E-state index in [4.69, 9.17) is 0 Å². The lowest BCUT2D eigenvalue weighted by Crippen LogP contribution is -1.88. The van der Waals surface area contributed by atoms with E-state index in [9.17, 15) is 0 Å². The summed E-state index contributed by atoms with van der Waals surface area (Å²) in [7, 11) is 0. The predicted octanol–water partition coefficient (Wildman–Crippen LogP) is 3.62. The molecule has 0 fully saturated rings. The van der Waals surface area contributed by atoms with Crippen LogP contribution >= 0.6 is 0 Å². The maximum atomic E-state index is 4.14. The number of aromatic nitrogens is 2. The predicted molar refractivity (Wildman–Crippen MR) is 70.1 cm³/mol. The Bertz CT molecular complexity index is 680. The van der Waals surface area contributed by atoms with E-state index in [1.807, 2.05) is 12.5 Å². The molecule has 2 heteroatoms. The van der Waals surface area contributed by atoms with Gasteiger partial charge in [0, 0.05) is 6.20 Å². The molecule has 0 spiro atoms. The van der Waals surface area contributed by atoms with Crippen molar-refractivity contribution < 1.29 is 0 Å². The van der Waals surface area contributed by atoms with Crippen molar-refractivity contribution in [3.63, 3.8) is 0 Å². The number of pyridine rings is 1. The molecule has 3 aromatic rings. The van der Waals surface area contributed by atoms with Crippen molar-refractivity contribution in [2.45, 2.75) is 13.8 Å². The van der Waals surface area contributed by atoms with Gasteiger partial charge in [0.2, 0.25) is 0 Å². The van der Waals surface area contributed by atoms with Crippen LogP contribution in [0.15, 0.2) is 49.1 Å². The van der Waals surface area contributed by atoms with E-state index < -0.39 is 0 Å². The Morgan fingerprint density at radius 2 is 1.94 bits per heavy atom. The monoisotopic (exact) mass is 222 g/mol. The van der Waals surface area contributed by atoms with Gasteiger partial charge in [0.25, 0.3) is 0 Å². The number of hydrogen-bond donors (Lipinski definition) is 0. The van der Waals surface area contributed by atoms with Crippen LogP contribution in [-0.2, 0) is 0 Å². The van der Waals surface area contributed by atoms with E-state index in [1.54, 1.807) is 0 Å². The molecule has 2 aromatic heterocycles. The third-order valence-corrected chi connectivity index (χ3v) is 3.10. The van der Waals surface area contributed by atoms with Crippen LogP contribution < -0.4 is 0 Å². The van der Waals surface area contributed by atoms with Gasteiger partial charge < -0.3 is 4.40 Å². The molecule has 0 aliphatic carbocycles. The highest BCUT2D eigenvalue weighted by Crippen LogP contribution is 2.24. The van der Waals surface area contributed by atoms with Crippen molar-refractivity contribution in [1.29, 1.82) is 0 Å². The van der Waals surface area contributed by atoms with Gasteiger partial charge in [0.15, 0.2) is 0 Å². The van der Waals surface area contributed by atoms with Gasteiger partial charge in [-0.1, -0.05) is 29.8 Å². The molecule has 2 heterocycles. The molecule has 1 aromatic carbocycles. The number of imidazole rings is 1. The summed E-state index contributed by atoms with van der Waals surface area (Å²) >= 11 is 0. The summed E-state index contributed by atoms with van der Waals surface area (Å²) in [5, 5.41) is 0. The van der Waals surface area contributed by atoms with Gasteiger partial charge in [0.1, 0.15) is 0 Å². The average molecular weight is 222 g/mol. The number of benzene rings is 1. The second-order valence-corrected chi connectivity index (χ2v) is 4.46. The molecule has 0 saturated carbocycles. The Hall–Kier alpha value is -2.09. The van der Waals surface area contributed by atoms with Crippen LogP contribution in [0.2, 0.25) is 0 Å². The van der Waals surface area contributed by atoms with E-state index in [2.05, 4.69) is 59.8 Å². The molecule has 0 unspecified atom stereocenters. The number of nitrogens with zero attached hydrogens (tertiary/aromatic N) is 2. The molecule has 0 N–H and O–H groups in total. The first kappa shape index (κ1) is 10.1. The fourth-order valence-electron chi connectivity index (χ4n) is 2.22. The van der Waals surface area contributed by atoms with Crippen molar-refractivity contribution in [1.82, 2.24) is 9.38 Å². The second-order valence-electron chi connectivity index (χ2n) is 4.46. The molecule has 3 rings (SSSR count). The Morgan fingerprint density at radius 3 is 2.76 bits per heavy atom.